The summed E-state index contributed by atoms with van der Waals surface area (Å²) in [6.07, 6.45) is 1.99. The lowest BCUT2D eigenvalue weighted by Gasteiger charge is -2.12. The van der Waals surface area contributed by atoms with Crippen molar-refractivity contribution in [3.63, 3.8) is 0 Å². The normalized spacial score (nSPS) is 11.4. The number of aryl methyl sites for hydroxylation is 2. The van der Waals surface area contributed by atoms with Gasteiger partial charge in [-0.25, -0.2) is 0 Å². The first kappa shape index (κ1) is 17.7. The number of thioether (sulfide) groups is 1. The van der Waals surface area contributed by atoms with Gasteiger partial charge in [-0.3, -0.25) is 4.57 Å². The van der Waals surface area contributed by atoms with E-state index in [0.717, 1.165) is 38.7 Å². The van der Waals surface area contributed by atoms with Gasteiger partial charge < -0.3 is 9.40 Å². The molecule has 5 aromatic rings. The Labute approximate surface area is 171 Å². The topological polar surface area (TPSA) is 85.4 Å². The lowest BCUT2D eigenvalue weighted by atomic mass is 10.1. The molecule has 0 aliphatic rings. The molecule has 29 heavy (non-hydrogen) atoms. The third-order valence-electron chi connectivity index (χ3n) is 4.71. The molecule has 0 aliphatic carbocycles. The minimum atomic E-state index is 0.527. The highest BCUT2D eigenvalue weighted by atomic mass is 32.2. The SMILES string of the molecule is Cc1nnc(CSc2nnc(-c3c[nH]c4ccccc34)n2-c2ccccc2C)o1. The summed E-state index contributed by atoms with van der Waals surface area (Å²) < 4.78 is 7.60. The fourth-order valence-corrected chi connectivity index (χ4v) is 4.13. The number of H-pyrrole nitrogens is 1. The number of rotatable bonds is 5. The van der Waals surface area contributed by atoms with Crippen LogP contribution >= 0.6 is 11.8 Å². The van der Waals surface area contributed by atoms with E-state index in [2.05, 4.69) is 61.1 Å². The maximum atomic E-state index is 5.51. The molecule has 1 N–H and O–H groups in total. The molecule has 5 rings (SSSR count). The van der Waals surface area contributed by atoms with Crippen LogP contribution in [-0.2, 0) is 5.75 Å². The zero-order valence-corrected chi connectivity index (χ0v) is 16.8. The molecule has 0 fully saturated rings. The quantitative estimate of drug-likeness (QED) is 0.429. The monoisotopic (exact) mass is 402 g/mol. The Morgan fingerprint density at radius 3 is 2.62 bits per heavy atom. The summed E-state index contributed by atoms with van der Waals surface area (Å²) in [4.78, 5) is 3.33. The van der Waals surface area contributed by atoms with Crippen LogP contribution in [0.1, 0.15) is 17.3 Å². The van der Waals surface area contributed by atoms with Crippen LogP contribution in [0.2, 0.25) is 0 Å². The van der Waals surface area contributed by atoms with Gasteiger partial charge in [-0.1, -0.05) is 48.2 Å². The predicted octanol–water partition coefficient (Wildman–Crippen LogP) is 4.71. The van der Waals surface area contributed by atoms with Crippen LogP contribution < -0.4 is 0 Å². The minimum absolute atomic E-state index is 0.527. The molecular formula is C21H18N6OS. The van der Waals surface area contributed by atoms with E-state index in [1.54, 1.807) is 6.92 Å². The molecule has 0 saturated heterocycles. The van der Waals surface area contributed by atoms with E-state index < -0.39 is 0 Å². The van der Waals surface area contributed by atoms with Crippen LogP contribution in [0.25, 0.3) is 28.0 Å². The Hall–Kier alpha value is -3.39. The fourth-order valence-electron chi connectivity index (χ4n) is 3.35. The molecule has 7 nitrogen and oxygen atoms in total. The summed E-state index contributed by atoms with van der Waals surface area (Å²) in [6.45, 7) is 3.87. The van der Waals surface area contributed by atoms with Crippen molar-refractivity contribution in [2.75, 3.05) is 0 Å². The average Bonchev–Trinajstić information content (AvgIpc) is 3.44. The van der Waals surface area contributed by atoms with Crippen LogP contribution in [0.3, 0.4) is 0 Å². The maximum absolute atomic E-state index is 5.51. The van der Waals surface area contributed by atoms with Gasteiger partial charge in [0.25, 0.3) is 0 Å². The van der Waals surface area contributed by atoms with Crippen molar-refractivity contribution in [2.45, 2.75) is 24.8 Å². The highest BCUT2D eigenvalue weighted by molar-refractivity contribution is 7.98. The number of benzene rings is 2. The number of nitrogens with zero attached hydrogens (tertiary/aromatic N) is 5. The van der Waals surface area contributed by atoms with Crippen LogP contribution in [0.4, 0.5) is 0 Å². The molecule has 2 aromatic carbocycles. The van der Waals surface area contributed by atoms with Crippen molar-refractivity contribution in [3.8, 4) is 17.1 Å². The lowest BCUT2D eigenvalue weighted by molar-refractivity contribution is 0.485. The zero-order chi connectivity index (χ0) is 19.8. The number of fused-ring (bicyclic) bond motifs is 1. The van der Waals surface area contributed by atoms with Crippen molar-refractivity contribution < 1.29 is 4.42 Å². The largest absolute Gasteiger partial charge is 0.425 e. The number of hydrogen-bond acceptors (Lipinski definition) is 6. The summed E-state index contributed by atoms with van der Waals surface area (Å²) >= 11 is 1.52. The standard InChI is InChI=1S/C21H18N6OS/c1-13-7-3-6-10-18(13)27-20(16-11-22-17-9-5-4-8-15(16)17)25-26-21(27)29-12-19-24-23-14(2)28-19/h3-11,22H,12H2,1-2H3. The predicted molar refractivity (Wildman–Crippen MR) is 112 cm³/mol. The third-order valence-corrected chi connectivity index (χ3v) is 5.63. The second-order valence-corrected chi connectivity index (χ2v) is 7.62. The van der Waals surface area contributed by atoms with Crippen LogP contribution in [0.15, 0.2) is 64.3 Å². The smallest absolute Gasteiger partial charge is 0.226 e. The second kappa shape index (κ2) is 7.21. The van der Waals surface area contributed by atoms with Crippen molar-refractivity contribution >= 4 is 22.7 Å². The van der Waals surface area contributed by atoms with E-state index in [0.29, 0.717) is 17.5 Å². The van der Waals surface area contributed by atoms with E-state index in [-0.39, 0.29) is 0 Å². The number of nitrogens with one attached hydrogen (secondary N) is 1. The van der Waals surface area contributed by atoms with E-state index in [1.165, 1.54) is 11.8 Å². The zero-order valence-electron chi connectivity index (χ0n) is 16.0. The number of para-hydroxylation sites is 2. The van der Waals surface area contributed by atoms with Gasteiger partial charge in [0.15, 0.2) is 11.0 Å². The second-order valence-electron chi connectivity index (χ2n) is 6.68. The molecule has 0 amide bonds. The first-order chi connectivity index (χ1) is 14.2. The van der Waals surface area contributed by atoms with Gasteiger partial charge in [-0.05, 0) is 24.6 Å². The van der Waals surface area contributed by atoms with Crippen LogP contribution in [0.5, 0.6) is 0 Å². The number of hydrogen-bond donors (Lipinski definition) is 1. The Balaban J connectivity index is 1.63. The Bertz CT molecular complexity index is 1300. The summed E-state index contributed by atoms with van der Waals surface area (Å²) in [7, 11) is 0. The van der Waals surface area contributed by atoms with E-state index in [1.807, 2.05) is 30.5 Å². The highest BCUT2D eigenvalue weighted by Gasteiger charge is 2.20. The molecule has 0 atom stereocenters. The molecule has 0 bridgehead atoms. The summed E-state index contributed by atoms with van der Waals surface area (Å²) in [6, 6.07) is 16.4. The average molecular weight is 402 g/mol. The molecule has 0 aliphatic heterocycles. The minimum Gasteiger partial charge on any atom is -0.425 e. The van der Waals surface area contributed by atoms with E-state index in [4.69, 9.17) is 4.42 Å². The van der Waals surface area contributed by atoms with Crippen LogP contribution in [-0.4, -0.2) is 29.9 Å². The maximum Gasteiger partial charge on any atom is 0.226 e. The van der Waals surface area contributed by atoms with Crippen molar-refractivity contribution in [2.24, 2.45) is 0 Å². The van der Waals surface area contributed by atoms with Crippen molar-refractivity contribution in [1.82, 2.24) is 29.9 Å². The van der Waals surface area contributed by atoms with Gasteiger partial charge >= 0.3 is 0 Å². The Morgan fingerprint density at radius 1 is 0.966 bits per heavy atom. The number of aromatic amines is 1. The van der Waals surface area contributed by atoms with Gasteiger partial charge in [0.2, 0.25) is 11.8 Å². The first-order valence-corrected chi connectivity index (χ1v) is 10.2. The summed E-state index contributed by atoms with van der Waals surface area (Å²) in [5.74, 6) is 2.44. The highest BCUT2D eigenvalue weighted by Crippen LogP contribution is 2.34. The van der Waals surface area contributed by atoms with E-state index >= 15 is 0 Å². The Morgan fingerprint density at radius 2 is 1.79 bits per heavy atom. The van der Waals surface area contributed by atoms with Crippen molar-refractivity contribution in [3.05, 3.63) is 72.1 Å². The molecular weight excluding hydrogens is 384 g/mol. The first-order valence-electron chi connectivity index (χ1n) is 9.20. The third kappa shape index (κ3) is 3.21. The van der Waals surface area contributed by atoms with Gasteiger partial charge in [0, 0.05) is 29.6 Å². The van der Waals surface area contributed by atoms with Gasteiger partial charge in [-0.15, -0.1) is 20.4 Å². The molecule has 3 heterocycles. The summed E-state index contributed by atoms with van der Waals surface area (Å²) in [5, 5.41) is 18.9. The van der Waals surface area contributed by atoms with Crippen molar-refractivity contribution in [1.29, 1.82) is 0 Å². The molecule has 144 valence electrons. The molecule has 0 spiro atoms. The van der Waals surface area contributed by atoms with E-state index in [9.17, 15) is 0 Å². The van der Waals surface area contributed by atoms with Gasteiger partial charge in [0.05, 0.1) is 11.4 Å². The molecule has 0 unspecified atom stereocenters. The summed E-state index contributed by atoms with van der Waals surface area (Å²) in [5.41, 5.74) is 4.26. The Kier molecular flexibility index (Phi) is 4.40. The lowest BCUT2D eigenvalue weighted by Crippen LogP contribution is -2.01. The van der Waals surface area contributed by atoms with Crippen LogP contribution in [0, 0.1) is 13.8 Å². The molecule has 0 radical (unpaired) electrons. The number of aromatic nitrogens is 6. The molecule has 8 heteroatoms. The van der Waals surface area contributed by atoms with Gasteiger partial charge in [0.1, 0.15) is 0 Å². The van der Waals surface area contributed by atoms with Gasteiger partial charge in [-0.2, -0.15) is 0 Å². The fraction of sp³-hybridized carbons (Fsp3) is 0.143. The molecule has 3 aromatic heterocycles. The molecule has 0 saturated carbocycles.